The normalized spacial score (nSPS) is 17.0. The second kappa shape index (κ2) is 13.7. The number of phenols is 1. The van der Waals surface area contributed by atoms with Crippen molar-refractivity contribution in [2.75, 3.05) is 77.5 Å². The first kappa shape index (κ1) is 30.1. The molecule has 2 aromatic carbocycles. The molecule has 1 amide bonds. The highest BCUT2D eigenvalue weighted by molar-refractivity contribution is 6.33. The topological polar surface area (TPSA) is 108 Å². The molecule has 224 valence electrons. The summed E-state index contributed by atoms with van der Waals surface area (Å²) in [6.07, 6.45) is 1.10. The first-order valence-corrected chi connectivity index (χ1v) is 14.6. The number of rotatable bonds is 9. The van der Waals surface area contributed by atoms with Crippen LogP contribution < -0.4 is 10.2 Å². The molecule has 10 nitrogen and oxygen atoms in total. The standard InChI is InChI=1S/C30H37ClFN7O3/c1-36-6-8-38(9-7-36)20-21-2-4-22(5-3-21)23-16-24(28(41)25(31)17-23)30(42)34-19-27-33-18-26(32)29(35-27)39-12-10-37(11-13-39)14-15-40/h2-5,16-18,40-41H,6-15,19-20H2,1H3,(H,34,42). The molecule has 0 atom stereocenters. The summed E-state index contributed by atoms with van der Waals surface area (Å²) in [6.45, 7) is 8.19. The number of carbonyl (C=O) groups excluding carboxylic acids is 1. The third-order valence-electron chi connectivity index (χ3n) is 7.87. The fourth-order valence-electron chi connectivity index (χ4n) is 5.29. The molecule has 1 aromatic heterocycles. The lowest BCUT2D eigenvalue weighted by Gasteiger charge is -2.35. The van der Waals surface area contributed by atoms with E-state index in [9.17, 15) is 14.3 Å². The number of halogens is 2. The van der Waals surface area contributed by atoms with Crippen LogP contribution in [0.2, 0.25) is 5.02 Å². The molecule has 0 saturated carbocycles. The van der Waals surface area contributed by atoms with Gasteiger partial charge < -0.3 is 25.3 Å². The van der Waals surface area contributed by atoms with E-state index in [-0.39, 0.29) is 41.1 Å². The molecule has 42 heavy (non-hydrogen) atoms. The van der Waals surface area contributed by atoms with E-state index in [4.69, 9.17) is 16.7 Å². The van der Waals surface area contributed by atoms with Gasteiger partial charge in [-0.3, -0.25) is 14.6 Å². The molecule has 2 saturated heterocycles. The van der Waals surface area contributed by atoms with Gasteiger partial charge in [0.25, 0.3) is 5.91 Å². The third kappa shape index (κ3) is 7.34. The number of hydrogen-bond acceptors (Lipinski definition) is 9. The van der Waals surface area contributed by atoms with E-state index in [1.54, 1.807) is 12.1 Å². The summed E-state index contributed by atoms with van der Waals surface area (Å²) in [7, 11) is 2.14. The number of benzene rings is 2. The molecule has 2 fully saturated rings. The molecule has 5 rings (SSSR count). The Labute approximate surface area is 250 Å². The van der Waals surface area contributed by atoms with Gasteiger partial charge in [0.1, 0.15) is 11.6 Å². The molecule has 2 aliphatic rings. The molecule has 0 aliphatic carbocycles. The zero-order valence-corrected chi connectivity index (χ0v) is 24.5. The Bertz CT molecular complexity index is 1380. The Kier molecular flexibility index (Phi) is 9.86. The number of amides is 1. The number of likely N-dealkylation sites (N-methyl/N-ethyl adjacent to an activating group) is 1. The first-order chi connectivity index (χ1) is 20.3. The first-order valence-electron chi connectivity index (χ1n) is 14.2. The fourth-order valence-corrected chi connectivity index (χ4v) is 5.50. The van der Waals surface area contributed by atoms with Gasteiger partial charge in [-0.25, -0.2) is 14.4 Å². The summed E-state index contributed by atoms with van der Waals surface area (Å²) in [6, 6.07) is 11.4. The quantitative estimate of drug-likeness (QED) is 0.343. The molecular formula is C30H37ClFN7O3. The van der Waals surface area contributed by atoms with E-state index >= 15 is 0 Å². The zero-order valence-electron chi connectivity index (χ0n) is 23.8. The molecular weight excluding hydrogens is 561 g/mol. The van der Waals surface area contributed by atoms with Crippen molar-refractivity contribution >= 4 is 23.3 Å². The molecule has 12 heteroatoms. The Morgan fingerprint density at radius 2 is 1.69 bits per heavy atom. The van der Waals surface area contributed by atoms with Gasteiger partial charge in [-0.05, 0) is 35.9 Å². The summed E-state index contributed by atoms with van der Waals surface area (Å²) in [5.41, 5.74) is 2.81. The lowest BCUT2D eigenvalue weighted by Crippen LogP contribution is -2.47. The molecule has 2 aliphatic heterocycles. The van der Waals surface area contributed by atoms with E-state index in [2.05, 4.69) is 49.2 Å². The Hall–Kier alpha value is -3.35. The molecule has 0 unspecified atom stereocenters. The number of aromatic hydroxyl groups is 1. The maximum absolute atomic E-state index is 14.6. The number of β-amino-alcohol motifs (C(OH)–C–C–N with tert-alkyl or cyclic N) is 1. The highest BCUT2D eigenvalue weighted by Gasteiger charge is 2.22. The largest absolute Gasteiger partial charge is 0.506 e. The number of piperazine rings is 2. The summed E-state index contributed by atoms with van der Waals surface area (Å²) in [5.74, 6) is -0.967. The van der Waals surface area contributed by atoms with Gasteiger partial charge in [0.15, 0.2) is 11.6 Å². The third-order valence-corrected chi connectivity index (χ3v) is 8.16. The molecule has 3 N–H and O–H groups in total. The average molecular weight is 598 g/mol. The van der Waals surface area contributed by atoms with Crippen LogP contribution in [0.15, 0.2) is 42.6 Å². The highest BCUT2D eigenvalue weighted by Crippen LogP contribution is 2.34. The highest BCUT2D eigenvalue weighted by atomic mass is 35.5. The predicted octanol–water partition coefficient (Wildman–Crippen LogP) is 2.43. The molecule has 0 radical (unpaired) electrons. The van der Waals surface area contributed by atoms with Crippen molar-refractivity contribution in [3.63, 3.8) is 0 Å². The van der Waals surface area contributed by atoms with Crippen LogP contribution in [0.25, 0.3) is 11.1 Å². The van der Waals surface area contributed by atoms with Crippen LogP contribution >= 0.6 is 11.6 Å². The smallest absolute Gasteiger partial charge is 0.255 e. The van der Waals surface area contributed by atoms with Crippen LogP contribution in [0.4, 0.5) is 10.2 Å². The van der Waals surface area contributed by atoms with Crippen molar-refractivity contribution in [1.29, 1.82) is 0 Å². The van der Waals surface area contributed by atoms with Gasteiger partial charge in [-0.15, -0.1) is 0 Å². The summed E-state index contributed by atoms with van der Waals surface area (Å²) in [5, 5.41) is 22.5. The van der Waals surface area contributed by atoms with E-state index < -0.39 is 11.7 Å². The minimum atomic E-state index is -0.546. The van der Waals surface area contributed by atoms with Gasteiger partial charge in [-0.2, -0.15) is 0 Å². The van der Waals surface area contributed by atoms with Crippen molar-refractivity contribution in [2.45, 2.75) is 13.1 Å². The SMILES string of the molecule is CN1CCN(Cc2ccc(-c3cc(Cl)c(O)c(C(=O)NCc4ncc(F)c(N5CCN(CCO)CC5)n4)c3)cc2)CC1. The Balaban J connectivity index is 1.24. The monoisotopic (exact) mass is 597 g/mol. The van der Waals surface area contributed by atoms with Crippen molar-refractivity contribution < 1.29 is 19.4 Å². The van der Waals surface area contributed by atoms with Gasteiger partial charge in [0.05, 0.1) is 29.9 Å². The molecule has 3 heterocycles. The van der Waals surface area contributed by atoms with Crippen molar-refractivity contribution in [3.05, 3.63) is 70.4 Å². The second-order valence-electron chi connectivity index (χ2n) is 10.8. The van der Waals surface area contributed by atoms with E-state index in [0.717, 1.165) is 44.5 Å². The number of nitrogens with zero attached hydrogens (tertiary/aromatic N) is 6. The molecule has 3 aromatic rings. The van der Waals surface area contributed by atoms with Crippen molar-refractivity contribution in [1.82, 2.24) is 30.0 Å². The number of aliphatic hydroxyl groups excluding tert-OH is 1. The van der Waals surface area contributed by atoms with E-state index in [0.29, 0.717) is 38.3 Å². The average Bonchev–Trinajstić information content (AvgIpc) is 3.00. The fraction of sp³-hybridized carbons (Fsp3) is 0.433. The van der Waals surface area contributed by atoms with Crippen molar-refractivity contribution in [3.8, 4) is 16.9 Å². The van der Waals surface area contributed by atoms with E-state index in [1.807, 2.05) is 17.0 Å². The minimum Gasteiger partial charge on any atom is -0.506 e. The van der Waals surface area contributed by atoms with Gasteiger partial charge in [0, 0.05) is 65.4 Å². The number of aliphatic hydroxyl groups is 1. The summed E-state index contributed by atoms with van der Waals surface area (Å²) < 4.78 is 14.6. The number of nitrogens with one attached hydrogen (secondary N) is 1. The van der Waals surface area contributed by atoms with Crippen LogP contribution in [0, 0.1) is 5.82 Å². The van der Waals surface area contributed by atoms with Crippen molar-refractivity contribution in [2.24, 2.45) is 0 Å². The second-order valence-corrected chi connectivity index (χ2v) is 11.2. The summed E-state index contributed by atoms with van der Waals surface area (Å²) in [4.78, 5) is 30.2. The Morgan fingerprint density at radius 3 is 2.38 bits per heavy atom. The number of hydrogen-bond donors (Lipinski definition) is 3. The number of anilines is 1. The molecule has 0 spiro atoms. The lowest BCUT2D eigenvalue weighted by atomic mass is 10.0. The number of phenolic OH excluding ortho intramolecular Hbond substituents is 1. The zero-order chi connectivity index (χ0) is 29.6. The van der Waals surface area contributed by atoms with E-state index in [1.165, 1.54) is 5.56 Å². The summed E-state index contributed by atoms with van der Waals surface area (Å²) >= 11 is 6.33. The predicted molar refractivity (Wildman–Crippen MR) is 160 cm³/mol. The maximum Gasteiger partial charge on any atom is 0.255 e. The molecule has 0 bridgehead atoms. The Morgan fingerprint density at radius 1 is 1.00 bits per heavy atom. The van der Waals surface area contributed by atoms with Crippen LogP contribution in [-0.4, -0.2) is 113 Å². The number of carbonyl (C=O) groups is 1. The van der Waals surface area contributed by atoms with Crippen LogP contribution in [0.1, 0.15) is 21.7 Å². The van der Waals surface area contributed by atoms with Crippen LogP contribution in [-0.2, 0) is 13.1 Å². The van der Waals surface area contributed by atoms with Crippen LogP contribution in [0.3, 0.4) is 0 Å². The van der Waals surface area contributed by atoms with Crippen LogP contribution in [0.5, 0.6) is 5.75 Å². The van der Waals surface area contributed by atoms with Gasteiger partial charge in [0.2, 0.25) is 0 Å². The van der Waals surface area contributed by atoms with Gasteiger partial charge in [-0.1, -0.05) is 35.9 Å². The maximum atomic E-state index is 14.6. The minimum absolute atomic E-state index is 0.0290. The lowest BCUT2D eigenvalue weighted by molar-refractivity contribution is 0.0947. The number of aromatic nitrogens is 2. The van der Waals surface area contributed by atoms with Gasteiger partial charge >= 0.3 is 0 Å².